The standard InChI is InChI=1S/C30H24N4O/c35-30-27-18-17-26(31-21-24-12-6-2-7-13-24)20-28(27)33-29(19-16-23-10-4-1-5-11-23)34(30)32-22-25-14-8-3-9-15-25/h1-22,30,35H/b19-16+,31-21?,32-22+. The van der Waals surface area contributed by atoms with E-state index in [2.05, 4.69) is 10.1 Å². The highest BCUT2D eigenvalue weighted by Crippen LogP contribution is 2.36. The molecule has 0 saturated heterocycles. The zero-order valence-electron chi connectivity index (χ0n) is 19.0. The SMILES string of the molecule is OC1c2ccc(N=Cc3ccccc3)cc2N=C(/C=C/c2ccccc2)N1/N=C/c1ccccc1. The maximum atomic E-state index is 11.2. The molecule has 0 radical (unpaired) electrons. The van der Waals surface area contributed by atoms with Crippen molar-refractivity contribution in [3.63, 3.8) is 0 Å². The van der Waals surface area contributed by atoms with Gasteiger partial charge in [0.1, 0.15) is 0 Å². The van der Waals surface area contributed by atoms with Gasteiger partial charge in [-0.3, -0.25) is 4.99 Å². The largest absolute Gasteiger partial charge is 0.368 e. The maximum Gasteiger partial charge on any atom is 0.177 e. The van der Waals surface area contributed by atoms with E-state index >= 15 is 0 Å². The fourth-order valence-corrected chi connectivity index (χ4v) is 3.69. The first-order valence-electron chi connectivity index (χ1n) is 11.4. The summed E-state index contributed by atoms with van der Waals surface area (Å²) in [6.45, 7) is 0. The van der Waals surface area contributed by atoms with Crippen LogP contribution in [-0.2, 0) is 0 Å². The Morgan fingerprint density at radius 1 is 0.686 bits per heavy atom. The van der Waals surface area contributed by atoms with Crippen molar-refractivity contribution in [2.75, 3.05) is 0 Å². The van der Waals surface area contributed by atoms with Gasteiger partial charge in [0.2, 0.25) is 0 Å². The molecule has 4 aromatic carbocycles. The van der Waals surface area contributed by atoms with E-state index < -0.39 is 6.23 Å². The zero-order valence-corrected chi connectivity index (χ0v) is 19.0. The predicted octanol–water partition coefficient (Wildman–Crippen LogP) is 6.52. The Morgan fingerprint density at radius 3 is 1.94 bits per heavy atom. The van der Waals surface area contributed by atoms with Gasteiger partial charge in [-0.1, -0.05) is 103 Å². The molecule has 1 unspecified atom stereocenters. The fraction of sp³-hybridized carbons (Fsp3) is 0.0333. The normalized spacial score (nSPS) is 15.6. The molecule has 1 aliphatic rings. The Morgan fingerprint density at radius 2 is 1.29 bits per heavy atom. The molecule has 0 amide bonds. The van der Waals surface area contributed by atoms with Gasteiger partial charge in [-0.2, -0.15) is 5.10 Å². The summed E-state index contributed by atoms with van der Waals surface area (Å²) in [6.07, 6.45) is 6.38. The van der Waals surface area contributed by atoms with Gasteiger partial charge in [-0.15, -0.1) is 0 Å². The number of rotatable bonds is 6. The number of nitrogens with zero attached hydrogens (tertiary/aromatic N) is 4. The van der Waals surface area contributed by atoms with Crippen LogP contribution >= 0.6 is 0 Å². The van der Waals surface area contributed by atoms with Gasteiger partial charge < -0.3 is 5.11 Å². The van der Waals surface area contributed by atoms with E-state index in [1.165, 1.54) is 5.01 Å². The lowest BCUT2D eigenvalue weighted by atomic mass is 10.1. The summed E-state index contributed by atoms with van der Waals surface area (Å²) in [7, 11) is 0. The second-order valence-corrected chi connectivity index (χ2v) is 8.00. The topological polar surface area (TPSA) is 60.6 Å². The van der Waals surface area contributed by atoms with E-state index in [-0.39, 0.29) is 0 Å². The molecule has 5 heteroatoms. The second kappa shape index (κ2) is 10.5. The number of aliphatic hydroxyl groups excluding tert-OH is 1. The number of amidine groups is 1. The summed E-state index contributed by atoms with van der Waals surface area (Å²) >= 11 is 0. The summed E-state index contributed by atoms with van der Waals surface area (Å²) in [5.41, 5.74) is 5.08. The van der Waals surface area contributed by atoms with Crippen LogP contribution in [0.2, 0.25) is 0 Å². The summed E-state index contributed by atoms with van der Waals surface area (Å²) in [4.78, 5) is 9.41. The molecule has 1 heterocycles. The van der Waals surface area contributed by atoms with Crippen molar-refractivity contribution in [2.45, 2.75) is 6.23 Å². The fourth-order valence-electron chi connectivity index (χ4n) is 3.69. The molecule has 1 aliphatic heterocycles. The van der Waals surface area contributed by atoms with E-state index in [0.717, 1.165) is 22.4 Å². The van der Waals surface area contributed by atoms with Crippen molar-refractivity contribution in [1.82, 2.24) is 5.01 Å². The Bertz CT molecular complexity index is 1390. The minimum Gasteiger partial charge on any atom is -0.368 e. The highest BCUT2D eigenvalue weighted by atomic mass is 16.3. The molecule has 170 valence electrons. The maximum absolute atomic E-state index is 11.2. The molecule has 0 bridgehead atoms. The molecule has 5 nitrogen and oxygen atoms in total. The smallest absolute Gasteiger partial charge is 0.177 e. The number of fused-ring (bicyclic) bond motifs is 1. The lowest BCUT2D eigenvalue weighted by molar-refractivity contribution is 0.0536. The Labute approximate surface area is 204 Å². The third kappa shape index (κ3) is 5.49. The Balaban J connectivity index is 1.49. The van der Waals surface area contributed by atoms with E-state index in [1.807, 2.05) is 128 Å². The summed E-state index contributed by atoms with van der Waals surface area (Å²) in [6, 6.07) is 35.3. The van der Waals surface area contributed by atoms with Crippen LogP contribution in [0.15, 0.2) is 130 Å². The number of hydrogen-bond donors (Lipinski definition) is 1. The lowest BCUT2D eigenvalue weighted by Crippen LogP contribution is -2.31. The number of hydrazone groups is 1. The van der Waals surface area contributed by atoms with Crippen molar-refractivity contribution >= 4 is 35.7 Å². The molecular weight excluding hydrogens is 432 g/mol. The Hall–Kier alpha value is -4.61. The highest BCUT2D eigenvalue weighted by Gasteiger charge is 2.27. The van der Waals surface area contributed by atoms with Crippen LogP contribution in [0.4, 0.5) is 11.4 Å². The lowest BCUT2D eigenvalue weighted by Gasteiger charge is -2.30. The summed E-state index contributed by atoms with van der Waals surface area (Å²) in [5, 5.41) is 17.3. The van der Waals surface area contributed by atoms with Gasteiger partial charge in [0, 0.05) is 11.8 Å². The number of aliphatic hydroxyl groups is 1. The zero-order chi connectivity index (χ0) is 23.9. The molecular formula is C30H24N4O. The van der Waals surface area contributed by atoms with Crippen LogP contribution in [-0.4, -0.2) is 28.4 Å². The summed E-state index contributed by atoms with van der Waals surface area (Å²) < 4.78 is 0. The van der Waals surface area contributed by atoms with Crippen LogP contribution in [0.3, 0.4) is 0 Å². The molecule has 1 N–H and O–H groups in total. The van der Waals surface area contributed by atoms with Crippen molar-refractivity contribution in [3.05, 3.63) is 138 Å². The monoisotopic (exact) mass is 456 g/mol. The summed E-state index contributed by atoms with van der Waals surface area (Å²) in [5.74, 6) is 0.533. The van der Waals surface area contributed by atoms with Crippen molar-refractivity contribution < 1.29 is 5.11 Å². The van der Waals surface area contributed by atoms with Crippen LogP contribution in [0.1, 0.15) is 28.5 Å². The van der Waals surface area contributed by atoms with Crippen molar-refractivity contribution in [2.24, 2.45) is 15.1 Å². The minimum absolute atomic E-state index is 0.533. The highest BCUT2D eigenvalue weighted by molar-refractivity contribution is 6.00. The first-order chi connectivity index (χ1) is 17.3. The van der Waals surface area contributed by atoms with Gasteiger partial charge >= 0.3 is 0 Å². The molecule has 0 aliphatic carbocycles. The van der Waals surface area contributed by atoms with Crippen LogP contribution in [0, 0.1) is 0 Å². The first-order valence-corrected chi connectivity index (χ1v) is 11.4. The average Bonchev–Trinajstić information content (AvgIpc) is 2.92. The van der Waals surface area contributed by atoms with E-state index in [1.54, 1.807) is 6.21 Å². The van der Waals surface area contributed by atoms with Crippen LogP contribution in [0.25, 0.3) is 6.08 Å². The average molecular weight is 457 g/mol. The minimum atomic E-state index is -0.981. The number of hydrogen-bond acceptors (Lipinski definition) is 5. The molecule has 0 saturated carbocycles. The Kier molecular flexibility index (Phi) is 6.69. The van der Waals surface area contributed by atoms with Crippen LogP contribution < -0.4 is 0 Å². The van der Waals surface area contributed by atoms with E-state index in [4.69, 9.17) is 4.99 Å². The number of aliphatic imine (C=N–C) groups is 2. The molecule has 35 heavy (non-hydrogen) atoms. The quantitative estimate of drug-likeness (QED) is 0.336. The van der Waals surface area contributed by atoms with Gasteiger partial charge in [0.15, 0.2) is 12.1 Å². The second-order valence-electron chi connectivity index (χ2n) is 8.00. The first kappa shape index (κ1) is 22.2. The molecule has 4 aromatic rings. The third-order valence-corrected chi connectivity index (χ3v) is 5.51. The molecule has 5 rings (SSSR count). The van der Waals surface area contributed by atoms with Crippen molar-refractivity contribution in [1.29, 1.82) is 0 Å². The van der Waals surface area contributed by atoms with Gasteiger partial charge in [0.05, 0.1) is 17.6 Å². The van der Waals surface area contributed by atoms with Gasteiger partial charge in [0.25, 0.3) is 0 Å². The van der Waals surface area contributed by atoms with Gasteiger partial charge in [-0.25, -0.2) is 10.0 Å². The molecule has 0 fully saturated rings. The number of benzene rings is 4. The van der Waals surface area contributed by atoms with E-state index in [9.17, 15) is 5.11 Å². The van der Waals surface area contributed by atoms with Crippen LogP contribution in [0.5, 0.6) is 0 Å². The van der Waals surface area contributed by atoms with Gasteiger partial charge in [-0.05, 0) is 34.9 Å². The molecule has 0 spiro atoms. The van der Waals surface area contributed by atoms with E-state index in [0.29, 0.717) is 17.1 Å². The molecule has 1 atom stereocenters. The third-order valence-electron chi connectivity index (χ3n) is 5.51. The molecule has 0 aromatic heterocycles. The predicted molar refractivity (Wildman–Crippen MR) is 144 cm³/mol. The van der Waals surface area contributed by atoms with Crippen molar-refractivity contribution in [3.8, 4) is 0 Å².